The lowest BCUT2D eigenvalue weighted by Gasteiger charge is -2.32. The predicted molar refractivity (Wildman–Crippen MR) is 86.6 cm³/mol. The largest absolute Gasteiger partial charge is 0.495 e. The van der Waals surface area contributed by atoms with Crippen LogP contribution in [0.3, 0.4) is 0 Å². The number of amides is 1. The third-order valence-corrected chi connectivity index (χ3v) is 3.95. The molecule has 1 aliphatic heterocycles. The Bertz CT molecular complexity index is 509. The van der Waals surface area contributed by atoms with Crippen molar-refractivity contribution in [2.75, 3.05) is 32.1 Å². The molecule has 0 bridgehead atoms. The van der Waals surface area contributed by atoms with Crippen molar-refractivity contribution in [2.45, 2.75) is 39.4 Å². The number of nitrogens with one attached hydrogen (secondary N) is 2. The van der Waals surface area contributed by atoms with Gasteiger partial charge < -0.3 is 19.7 Å². The van der Waals surface area contributed by atoms with Crippen LogP contribution in [0.25, 0.3) is 0 Å². The molecule has 1 aromatic carbocycles. The van der Waals surface area contributed by atoms with Gasteiger partial charge in [-0.1, -0.05) is 6.07 Å². The number of ether oxygens (including phenoxy) is 2. The van der Waals surface area contributed by atoms with Gasteiger partial charge in [-0.3, -0.25) is 4.79 Å². The highest BCUT2D eigenvalue weighted by Gasteiger charge is 2.25. The number of methoxy groups -OCH3 is 1. The summed E-state index contributed by atoms with van der Waals surface area (Å²) in [4.78, 5) is 13.6. The van der Waals surface area contributed by atoms with E-state index in [9.17, 15) is 4.79 Å². The van der Waals surface area contributed by atoms with Crippen LogP contribution in [0.4, 0.5) is 5.69 Å². The van der Waals surface area contributed by atoms with Crippen molar-refractivity contribution in [3.63, 3.8) is 0 Å². The van der Waals surface area contributed by atoms with Crippen LogP contribution in [0.5, 0.6) is 5.75 Å². The van der Waals surface area contributed by atoms with Gasteiger partial charge in [0.15, 0.2) is 0 Å². The first-order chi connectivity index (χ1) is 10.5. The van der Waals surface area contributed by atoms with Gasteiger partial charge in [0, 0.05) is 0 Å². The number of hydrogen-bond donors (Lipinski definition) is 2. The molecule has 1 amide bonds. The van der Waals surface area contributed by atoms with Crippen LogP contribution in [0.15, 0.2) is 18.2 Å². The molecule has 1 saturated heterocycles. The smallest absolute Gasteiger partial charge is 0.230 e. The summed E-state index contributed by atoms with van der Waals surface area (Å²) in [6.07, 6.45) is 1.03. The van der Waals surface area contributed by atoms with Gasteiger partial charge in [-0.15, -0.1) is 0 Å². The summed E-state index contributed by atoms with van der Waals surface area (Å²) < 4.78 is 11.0. The van der Waals surface area contributed by atoms with E-state index in [4.69, 9.17) is 9.47 Å². The second-order valence-electron chi connectivity index (χ2n) is 6.17. The molecule has 1 aliphatic rings. The predicted octanol–water partition coefficient (Wildman–Crippen LogP) is 1.02. The first kappa shape index (κ1) is 16.8. The molecular formula is C17H27N2O3+. The van der Waals surface area contributed by atoms with Crippen molar-refractivity contribution in [1.29, 1.82) is 0 Å². The Balaban J connectivity index is 1.87. The number of carbonyl (C=O) groups excluding carboxylic acids is 1. The lowest BCUT2D eigenvalue weighted by Crippen LogP contribution is -3.15. The highest BCUT2D eigenvalue weighted by atomic mass is 16.5. The molecule has 0 aromatic heterocycles. The van der Waals surface area contributed by atoms with Crippen LogP contribution in [-0.4, -0.2) is 44.9 Å². The number of hydrogen-bond acceptors (Lipinski definition) is 3. The fourth-order valence-corrected chi connectivity index (χ4v) is 3.02. The average Bonchev–Trinajstić information content (AvgIpc) is 2.44. The van der Waals surface area contributed by atoms with Gasteiger partial charge >= 0.3 is 0 Å². The van der Waals surface area contributed by atoms with Crippen LogP contribution in [-0.2, 0) is 9.53 Å². The fraction of sp³-hybridized carbons (Fsp3) is 0.588. The topological polar surface area (TPSA) is 52.0 Å². The van der Waals surface area contributed by atoms with Crippen LogP contribution >= 0.6 is 0 Å². The van der Waals surface area contributed by atoms with E-state index in [0.29, 0.717) is 12.2 Å². The van der Waals surface area contributed by atoms with E-state index in [2.05, 4.69) is 19.2 Å². The maximum Gasteiger partial charge on any atom is 0.230 e. The van der Waals surface area contributed by atoms with E-state index in [1.165, 1.54) is 4.90 Å². The van der Waals surface area contributed by atoms with Gasteiger partial charge in [0.05, 0.1) is 25.8 Å². The minimum Gasteiger partial charge on any atom is -0.495 e. The number of morpholine rings is 1. The summed E-state index contributed by atoms with van der Waals surface area (Å²) in [6, 6.07) is 5.78. The Kier molecular flexibility index (Phi) is 5.80. The van der Waals surface area contributed by atoms with Crippen molar-refractivity contribution in [1.82, 2.24) is 0 Å². The summed E-state index contributed by atoms with van der Waals surface area (Å²) >= 11 is 0. The van der Waals surface area contributed by atoms with Gasteiger partial charge in [0.1, 0.15) is 31.0 Å². The molecule has 0 aliphatic carbocycles. The Morgan fingerprint density at radius 1 is 1.36 bits per heavy atom. The zero-order valence-electron chi connectivity index (χ0n) is 13.9. The molecule has 122 valence electrons. The molecule has 1 aromatic rings. The summed E-state index contributed by atoms with van der Waals surface area (Å²) in [7, 11) is 1.61. The fourth-order valence-electron chi connectivity index (χ4n) is 3.02. The first-order valence-electron chi connectivity index (χ1n) is 7.91. The Labute approximate surface area is 132 Å². The third kappa shape index (κ3) is 4.71. The number of quaternary nitrogens is 1. The SMILES string of the molecule is COc1ccc(C)cc1NC(=O)CC[NH+]1C[C@@H](C)O[C@@H](C)C1. The number of aryl methyl sites for hydroxylation is 1. The Morgan fingerprint density at radius 2 is 2.05 bits per heavy atom. The normalized spacial score (nSPS) is 24.8. The highest BCUT2D eigenvalue weighted by Crippen LogP contribution is 2.25. The van der Waals surface area contributed by atoms with Crippen molar-refractivity contribution in [2.24, 2.45) is 0 Å². The molecule has 22 heavy (non-hydrogen) atoms. The second-order valence-corrected chi connectivity index (χ2v) is 6.17. The van der Waals surface area contributed by atoms with E-state index in [0.717, 1.165) is 30.9 Å². The lowest BCUT2D eigenvalue weighted by atomic mass is 10.2. The summed E-state index contributed by atoms with van der Waals surface area (Å²) in [5, 5.41) is 2.96. The Hall–Kier alpha value is -1.59. The molecule has 2 rings (SSSR count). The van der Waals surface area contributed by atoms with Gasteiger partial charge in [-0.2, -0.15) is 0 Å². The highest BCUT2D eigenvalue weighted by molar-refractivity contribution is 5.92. The van der Waals surface area contributed by atoms with Gasteiger partial charge in [-0.05, 0) is 38.5 Å². The average molecular weight is 307 g/mol. The molecule has 1 fully saturated rings. The quantitative estimate of drug-likeness (QED) is 0.854. The van der Waals surface area contributed by atoms with E-state index in [1.807, 2.05) is 25.1 Å². The van der Waals surface area contributed by atoms with Crippen molar-refractivity contribution >= 4 is 11.6 Å². The lowest BCUT2D eigenvalue weighted by molar-refractivity contribution is -0.914. The minimum atomic E-state index is 0.0307. The molecule has 5 nitrogen and oxygen atoms in total. The molecule has 0 radical (unpaired) electrons. The van der Waals surface area contributed by atoms with Crippen molar-refractivity contribution < 1.29 is 19.2 Å². The van der Waals surface area contributed by atoms with Gasteiger partial charge in [0.25, 0.3) is 0 Å². The van der Waals surface area contributed by atoms with Crippen LogP contribution in [0, 0.1) is 6.92 Å². The van der Waals surface area contributed by atoms with E-state index >= 15 is 0 Å². The van der Waals surface area contributed by atoms with Crippen molar-refractivity contribution in [3.8, 4) is 5.75 Å². The standard InChI is InChI=1S/C17H26N2O3/c1-12-5-6-16(21-4)15(9-12)18-17(20)7-8-19-10-13(2)22-14(3)11-19/h5-6,9,13-14H,7-8,10-11H2,1-4H3,(H,18,20)/p+1/t13-,14+. The molecule has 0 saturated carbocycles. The van der Waals surface area contributed by atoms with Gasteiger partial charge in [0.2, 0.25) is 5.91 Å². The maximum absolute atomic E-state index is 12.2. The second kappa shape index (κ2) is 7.61. The zero-order valence-corrected chi connectivity index (χ0v) is 13.9. The third-order valence-electron chi connectivity index (χ3n) is 3.95. The van der Waals surface area contributed by atoms with Crippen LogP contribution in [0.2, 0.25) is 0 Å². The summed E-state index contributed by atoms with van der Waals surface area (Å²) in [5.74, 6) is 0.725. The molecule has 2 N–H and O–H groups in total. The number of anilines is 1. The molecule has 1 unspecified atom stereocenters. The zero-order chi connectivity index (χ0) is 16.1. The van der Waals surface area contributed by atoms with E-state index in [-0.39, 0.29) is 18.1 Å². The molecular weight excluding hydrogens is 280 g/mol. The van der Waals surface area contributed by atoms with E-state index < -0.39 is 0 Å². The summed E-state index contributed by atoms with van der Waals surface area (Å²) in [6.45, 7) is 8.94. The Morgan fingerprint density at radius 3 is 2.68 bits per heavy atom. The van der Waals surface area contributed by atoms with E-state index in [1.54, 1.807) is 7.11 Å². The van der Waals surface area contributed by atoms with Crippen LogP contribution < -0.4 is 15.0 Å². The first-order valence-corrected chi connectivity index (χ1v) is 7.91. The minimum absolute atomic E-state index is 0.0307. The monoisotopic (exact) mass is 307 g/mol. The summed E-state index contributed by atoms with van der Waals surface area (Å²) in [5.41, 5.74) is 1.84. The number of benzene rings is 1. The maximum atomic E-state index is 12.2. The molecule has 3 atom stereocenters. The van der Waals surface area contributed by atoms with Crippen molar-refractivity contribution in [3.05, 3.63) is 23.8 Å². The van der Waals surface area contributed by atoms with Crippen LogP contribution in [0.1, 0.15) is 25.8 Å². The molecule has 5 heteroatoms. The van der Waals surface area contributed by atoms with Gasteiger partial charge in [-0.25, -0.2) is 0 Å². The number of rotatable bonds is 5. The molecule has 1 heterocycles. The number of carbonyl (C=O) groups is 1. The molecule has 0 spiro atoms.